The Morgan fingerprint density at radius 3 is 2.88 bits per heavy atom. The maximum atomic E-state index is 6.46. The minimum absolute atomic E-state index is 0.126. The molecule has 2 aromatic rings. The van der Waals surface area contributed by atoms with Gasteiger partial charge in [-0.25, -0.2) is 0 Å². The highest BCUT2D eigenvalue weighted by atomic mass is 35.5. The molecule has 1 aromatic heterocycles. The Morgan fingerprint density at radius 1 is 1.24 bits per heavy atom. The molecule has 1 aliphatic rings. The second-order valence-electron chi connectivity index (χ2n) is 3.97. The zero-order valence-electron chi connectivity index (χ0n) is 8.95. The molecule has 2 heterocycles. The number of halogens is 2. The van der Waals surface area contributed by atoms with E-state index in [2.05, 4.69) is 6.07 Å². The van der Waals surface area contributed by atoms with Crippen LogP contribution in [0.1, 0.15) is 21.4 Å². The second-order valence-corrected chi connectivity index (χ2v) is 6.15. The molecule has 88 valence electrons. The topological polar surface area (TPSA) is 9.23 Å². The lowest BCUT2D eigenvalue weighted by atomic mass is 10.1. The molecule has 0 aliphatic carbocycles. The smallest absolute Gasteiger partial charge is 0.122 e. The van der Waals surface area contributed by atoms with Crippen LogP contribution < -0.4 is 4.74 Å². The van der Waals surface area contributed by atoms with Crippen LogP contribution in [0.2, 0.25) is 4.34 Å². The first-order valence-electron chi connectivity index (χ1n) is 5.39. The van der Waals surface area contributed by atoms with Gasteiger partial charge in [0.25, 0.3) is 0 Å². The summed E-state index contributed by atoms with van der Waals surface area (Å²) in [4.78, 5) is 1.08. The van der Waals surface area contributed by atoms with Gasteiger partial charge in [-0.15, -0.1) is 22.9 Å². The molecular weight excluding hydrogens is 275 g/mol. The molecule has 1 nitrogen and oxygen atoms in total. The molecule has 0 fully saturated rings. The summed E-state index contributed by atoms with van der Waals surface area (Å²) in [7, 11) is 0. The Balaban J connectivity index is 1.94. The highest BCUT2D eigenvalue weighted by molar-refractivity contribution is 7.16. The molecule has 0 saturated carbocycles. The molecule has 3 rings (SSSR count). The van der Waals surface area contributed by atoms with Gasteiger partial charge in [0, 0.05) is 11.3 Å². The number of benzene rings is 1. The van der Waals surface area contributed by atoms with Crippen molar-refractivity contribution in [3.63, 3.8) is 0 Å². The molecule has 0 N–H and O–H groups in total. The van der Waals surface area contributed by atoms with Crippen LogP contribution in [0.5, 0.6) is 5.75 Å². The van der Waals surface area contributed by atoms with E-state index in [-0.39, 0.29) is 5.38 Å². The van der Waals surface area contributed by atoms with Crippen LogP contribution in [-0.4, -0.2) is 6.61 Å². The standard InChI is InChI=1S/C13H10Cl2OS/c14-12-4-3-11(17-12)13(15)9-1-2-10-8(7-9)5-6-16-10/h1-4,7,13H,5-6H2. The molecule has 0 radical (unpaired) electrons. The summed E-state index contributed by atoms with van der Waals surface area (Å²) in [5.41, 5.74) is 2.35. The molecule has 0 bridgehead atoms. The van der Waals surface area contributed by atoms with Crippen molar-refractivity contribution < 1.29 is 4.74 Å². The van der Waals surface area contributed by atoms with E-state index in [1.54, 1.807) is 0 Å². The summed E-state index contributed by atoms with van der Waals surface area (Å²) in [6, 6.07) is 10.0. The monoisotopic (exact) mass is 284 g/mol. The first-order valence-corrected chi connectivity index (χ1v) is 7.02. The molecule has 1 aromatic carbocycles. The van der Waals surface area contributed by atoms with Gasteiger partial charge >= 0.3 is 0 Å². The maximum Gasteiger partial charge on any atom is 0.122 e. The van der Waals surface area contributed by atoms with Crippen LogP contribution in [0.3, 0.4) is 0 Å². The summed E-state index contributed by atoms with van der Waals surface area (Å²) >= 11 is 13.9. The first kappa shape index (κ1) is 11.4. The average molecular weight is 285 g/mol. The van der Waals surface area contributed by atoms with Crippen molar-refractivity contribution in [2.75, 3.05) is 6.61 Å². The van der Waals surface area contributed by atoms with Gasteiger partial charge < -0.3 is 4.74 Å². The van der Waals surface area contributed by atoms with Gasteiger partial charge in [0.05, 0.1) is 16.3 Å². The van der Waals surface area contributed by atoms with Crippen molar-refractivity contribution in [1.29, 1.82) is 0 Å². The highest BCUT2D eigenvalue weighted by Gasteiger charge is 2.17. The largest absolute Gasteiger partial charge is 0.493 e. The third-order valence-electron chi connectivity index (χ3n) is 2.85. The molecular formula is C13H10Cl2OS. The van der Waals surface area contributed by atoms with Gasteiger partial charge in [0.2, 0.25) is 0 Å². The van der Waals surface area contributed by atoms with E-state index in [4.69, 9.17) is 27.9 Å². The molecule has 0 spiro atoms. The lowest BCUT2D eigenvalue weighted by Crippen LogP contribution is -1.91. The van der Waals surface area contributed by atoms with Gasteiger partial charge in [-0.2, -0.15) is 0 Å². The predicted octanol–water partition coefficient (Wildman–Crippen LogP) is 4.66. The Morgan fingerprint density at radius 2 is 2.12 bits per heavy atom. The fourth-order valence-corrected chi connectivity index (χ4v) is 3.40. The van der Waals surface area contributed by atoms with Gasteiger partial charge in [0.15, 0.2) is 0 Å². The van der Waals surface area contributed by atoms with E-state index in [9.17, 15) is 0 Å². The predicted molar refractivity (Wildman–Crippen MR) is 72.7 cm³/mol. The van der Waals surface area contributed by atoms with Gasteiger partial charge in [-0.1, -0.05) is 23.7 Å². The van der Waals surface area contributed by atoms with Crippen LogP contribution in [0.4, 0.5) is 0 Å². The van der Waals surface area contributed by atoms with Gasteiger partial charge in [-0.05, 0) is 29.3 Å². The zero-order chi connectivity index (χ0) is 11.8. The van der Waals surface area contributed by atoms with Crippen molar-refractivity contribution in [2.24, 2.45) is 0 Å². The van der Waals surface area contributed by atoms with Crippen LogP contribution in [-0.2, 0) is 6.42 Å². The van der Waals surface area contributed by atoms with Crippen LogP contribution >= 0.6 is 34.5 Å². The van der Waals surface area contributed by atoms with Crippen molar-refractivity contribution in [3.8, 4) is 5.75 Å². The summed E-state index contributed by atoms with van der Waals surface area (Å²) in [6.45, 7) is 0.774. The number of alkyl halides is 1. The summed E-state index contributed by atoms with van der Waals surface area (Å²) in [6.07, 6.45) is 0.970. The summed E-state index contributed by atoms with van der Waals surface area (Å²) < 4.78 is 6.25. The fourth-order valence-electron chi connectivity index (χ4n) is 1.99. The SMILES string of the molecule is Clc1ccc(C(Cl)c2ccc3c(c2)CCO3)s1. The van der Waals surface area contributed by atoms with E-state index < -0.39 is 0 Å². The minimum atomic E-state index is -0.126. The van der Waals surface area contributed by atoms with Gasteiger partial charge in [0.1, 0.15) is 5.75 Å². The number of hydrogen-bond donors (Lipinski definition) is 0. The average Bonchev–Trinajstić information content (AvgIpc) is 2.95. The minimum Gasteiger partial charge on any atom is -0.493 e. The highest BCUT2D eigenvalue weighted by Crippen LogP contribution is 2.37. The molecule has 1 aliphatic heterocycles. The third kappa shape index (κ3) is 2.17. The second kappa shape index (κ2) is 4.52. The molecule has 17 heavy (non-hydrogen) atoms. The van der Waals surface area contributed by atoms with E-state index in [0.29, 0.717) is 0 Å². The number of fused-ring (bicyclic) bond motifs is 1. The number of rotatable bonds is 2. The van der Waals surface area contributed by atoms with Crippen molar-refractivity contribution in [2.45, 2.75) is 11.8 Å². The van der Waals surface area contributed by atoms with Gasteiger partial charge in [-0.3, -0.25) is 0 Å². The maximum absolute atomic E-state index is 6.46. The molecule has 1 unspecified atom stereocenters. The Labute approximate surface area is 114 Å². The molecule has 0 amide bonds. The zero-order valence-corrected chi connectivity index (χ0v) is 11.3. The number of hydrogen-bond acceptors (Lipinski definition) is 2. The molecule has 0 saturated heterocycles. The fraction of sp³-hybridized carbons (Fsp3) is 0.231. The Hall–Kier alpha value is -0.700. The van der Waals surface area contributed by atoms with Crippen molar-refractivity contribution in [1.82, 2.24) is 0 Å². The Kier molecular flexibility index (Phi) is 3.03. The van der Waals surface area contributed by atoms with E-state index in [1.807, 2.05) is 24.3 Å². The molecule has 4 heteroatoms. The molecule has 1 atom stereocenters. The van der Waals surface area contributed by atoms with Crippen LogP contribution in [0, 0.1) is 0 Å². The van der Waals surface area contributed by atoms with E-state index in [0.717, 1.165) is 33.6 Å². The summed E-state index contributed by atoms with van der Waals surface area (Å²) in [5.74, 6) is 0.988. The van der Waals surface area contributed by atoms with Crippen molar-refractivity contribution in [3.05, 3.63) is 50.7 Å². The Bertz CT molecular complexity index is 550. The van der Waals surface area contributed by atoms with Crippen molar-refractivity contribution >= 4 is 34.5 Å². The lowest BCUT2D eigenvalue weighted by molar-refractivity contribution is 0.357. The van der Waals surface area contributed by atoms with Crippen LogP contribution in [0.25, 0.3) is 0 Å². The van der Waals surface area contributed by atoms with Crippen LogP contribution in [0.15, 0.2) is 30.3 Å². The first-order chi connectivity index (χ1) is 8.24. The lowest BCUT2D eigenvalue weighted by Gasteiger charge is -2.09. The summed E-state index contributed by atoms with van der Waals surface area (Å²) in [5, 5.41) is -0.126. The van der Waals surface area contributed by atoms with E-state index >= 15 is 0 Å². The normalized spacial score (nSPS) is 15.4. The third-order valence-corrected chi connectivity index (χ3v) is 4.76. The number of thiophene rings is 1. The quantitative estimate of drug-likeness (QED) is 0.729. The number of ether oxygens (including phenoxy) is 1. The van der Waals surface area contributed by atoms with E-state index in [1.165, 1.54) is 16.9 Å².